The van der Waals surface area contributed by atoms with Gasteiger partial charge in [-0.2, -0.15) is 0 Å². The van der Waals surface area contributed by atoms with Gasteiger partial charge in [-0.3, -0.25) is 14.4 Å². The van der Waals surface area contributed by atoms with E-state index in [0.29, 0.717) is 12.0 Å². The average molecular weight is 473 g/mol. The largest absolute Gasteiger partial charge is 0.391 e. The van der Waals surface area contributed by atoms with E-state index in [1.807, 2.05) is 24.3 Å². The van der Waals surface area contributed by atoms with Crippen molar-refractivity contribution in [3.8, 4) is 23.7 Å². The summed E-state index contributed by atoms with van der Waals surface area (Å²) in [6, 6.07) is 12.5. The van der Waals surface area contributed by atoms with Gasteiger partial charge in [0.2, 0.25) is 5.91 Å². The Kier molecular flexibility index (Phi) is 9.20. The van der Waals surface area contributed by atoms with E-state index in [4.69, 9.17) is 5.11 Å². The van der Waals surface area contributed by atoms with Crippen molar-refractivity contribution in [2.75, 3.05) is 11.9 Å². The van der Waals surface area contributed by atoms with Crippen molar-refractivity contribution in [3.05, 3.63) is 65.2 Å². The van der Waals surface area contributed by atoms with E-state index in [9.17, 15) is 19.5 Å². The maximum Gasteiger partial charge on any atom is 0.251 e. The van der Waals surface area contributed by atoms with Crippen molar-refractivity contribution in [1.29, 1.82) is 0 Å². The molecule has 0 radical (unpaired) electrons. The molecule has 7 heteroatoms. The highest BCUT2D eigenvalue weighted by atomic mass is 16.3. The van der Waals surface area contributed by atoms with Crippen LogP contribution in [0.2, 0.25) is 0 Å². The van der Waals surface area contributed by atoms with Crippen LogP contribution in [0.25, 0.3) is 0 Å². The van der Waals surface area contributed by atoms with Crippen molar-refractivity contribution < 1.29 is 24.6 Å². The third-order valence-corrected chi connectivity index (χ3v) is 5.54. The number of hydrogen-bond acceptors (Lipinski definition) is 5. The minimum Gasteiger partial charge on any atom is -0.391 e. The third kappa shape index (κ3) is 8.42. The van der Waals surface area contributed by atoms with Crippen molar-refractivity contribution in [2.24, 2.45) is 5.92 Å². The lowest BCUT2D eigenvalue weighted by atomic mass is 10.1. The molecule has 2 aromatic carbocycles. The molecule has 1 fully saturated rings. The molecule has 0 saturated heterocycles. The Labute approximate surface area is 204 Å². The number of nitrogens with one attached hydrogen (secondary N) is 2. The summed E-state index contributed by atoms with van der Waals surface area (Å²) >= 11 is 0. The molecular weight excluding hydrogens is 444 g/mol. The van der Waals surface area contributed by atoms with Gasteiger partial charge in [-0.25, -0.2) is 0 Å². The third-order valence-electron chi connectivity index (χ3n) is 5.54. The van der Waals surface area contributed by atoms with Crippen LogP contribution >= 0.6 is 0 Å². The number of anilines is 1. The Morgan fingerprint density at radius 2 is 1.54 bits per heavy atom. The van der Waals surface area contributed by atoms with Crippen molar-refractivity contribution in [3.63, 3.8) is 0 Å². The Bertz CT molecular complexity index is 1170. The fourth-order valence-corrected chi connectivity index (χ4v) is 3.31. The molecule has 0 bridgehead atoms. The fourth-order valence-electron chi connectivity index (χ4n) is 3.31. The zero-order valence-electron chi connectivity index (χ0n) is 19.5. The minimum atomic E-state index is -1.18. The Hall–Kier alpha value is -3.91. The van der Waals surface area contributed by atoms with Crippen LogP contribution in [0.1, 0.15) is 54.1 Å². The Morgan fingerprint density at radius 1 is 0.971 bits per heavy atom. The van der Waals surface area contributed by atoms with Crippen LogP contribution in [0.4, 0.5) is 5.69 Å². The standard InChI is InChI=1S/C28H28N2O5/c1-19(32)27(25(33)18-31)30-28(35)23-13-8-20(9-14-23)4-2-3-5-21-10-15-24(16-11-21)29-26(34)17-12-22-6-7-22/h8-11,13-16,19,22,27,31-32H,6-7,12,17-18H2,1H3,(H,29,34)(H,30,35)/t19-,27+/m1/s1. The van der Waals surface area contributed by atoms with Gasteiger partial charge < -0.3 is 20.8 Å². The summed E-state index contributed by atoms with van der Waals surface area (Å²) < 4.78 is 0. The van der Waals surface area contributed by atoms with Gasteiger partial charge >= 0.3 is 0 Å². The van der Waals surface area contributed by atoms with Gasteiger partial charge in [0.05, 0.1) is 6.10 Å². The summed E-state index contributed by atoms with van der Waals surface area (Å²) in [6.45, 7) is 0.591. The quantitative estimate of drug-likeness (QED) is 0.418. The van der Waals surface area contributed by atoms with Gasteiger partial charge in [-0.15, -0.1) is 0 Å². The molecule has 0 aliphatic heterocycles. The molecule has 0 unspecified atom stereocenters. The highest BCUT2D eigenvalue weighted by molar-refractivity contribution is 5.98. The second kappa shape index (κ2) is 12.5. The molecule has 1 aliphatic rings. The summed E-state index contributed by atoms with van der Waals surface area (Å²) in [7, 11) is 0. The molecule has 7 nitrogen and oxygen atoms in total. The first-order valence-electron chi connectivity index (χ1n) is 11.5. The minimum absolute atomic E-state index is 0.0338. The molecule has 1 aliphatic carbocycles. The molecule has 1 saturated carbocycles. The van der Waals surface area contributed by atoms with Gasteiger partial charge in [-0.1, -0.05) is 24.7 Å². The molecule has 2 atom stereocenters. The van der Waals surface area contributed by atoms with Crippen LogP contribution < -0.4 is 10.6 Å². The predicted octanol–water partition coefficient (Wildman–Crippen LogP) is 2.26. The lowest BCUT2D eigenvalue weighted by Gasteiger charge is -2.19. The summed E-state index contributed by atoms with van der Waals surface area (Å²) in [5, 5.41) is 23.9. The molecule has 0 spiro atoms. The number of Topliss-reactive ketones (excluding diaryl/α,β-unsaturated/α-hetero) is 1. The lowest BCUT2D eigenvalue weighted by Crippen LogP contribution is -2.48. The number of aliphatic hydroxyl groups excluding tert-OH is 2. The van der Waals surface area contributed by atoms with Crippen LogP contribution in [0, 0.1) is 29.6 Å². The molecule has 0 heterocycles. The first-order valence-corrected chi connectivity index (χ1v) is 11.5. The SMILES string of the molecule is C[C@@H](O)[C@H](NC(=O)c1ccc(C#CC#Cc2ccc(NC(=O)CCC3CC3)cc2)cc1)C(=O)CO. The van der Waals surface area contributed by atoms with Gasteiger partial charge in [-0.05, 0) is 79.6 Å². The van der Waals surface area contributed by atoms with Gasteiger partial charge in [0, 0.05) is 28.8 Å². The lowest BCUT2D eigenvalue weighted by molar-refractivity contribution is -0.126. The number of amides is 2. The van der Waals surface area contributed by atoms with Crippen LogP contribution in [0.3, 0.4) is 0 Å². The Balaban J connectivity index is 1.52. The molecule has 180 valence electrons. The summed E-state index contributed by atoms with van der Waals surface area (Å²) in [5.41, 5.74) is 2.45. The number of benzene rings is 2. The highest BCUT2D eigenvalue weighted by Gasteiger charge is 2.25. The second-order valence-electron chi connectivity index (χ2n) is 8.50. The molecular formula is C28H28N2O5. The van der Waals surface area contributed by atoms with E-state index in [-0.39, 0.29) is 11.5 Å². The van der Waals surface area contributed by atoms with E-state index >= 15 is 0 Å². The van der Waals surface area contributed by atoms with Crippen LogP contribution in [-0.2, 0) is 9.59 Å². The summed E-state index contributed by atoms with van der Waals surface area (Å²) in [6.07, 6.45) is 2.87. The van der Waals surface area contributed by atoms with Crippen molar-refractivity contribution in [2.45, 2.75) is 44.8 Å². The van der Waals surface area contributed by atoms with Gasteiger partial charge in [0.1, 0.15) is 12.6 Å². The van der Waals surface area contributed by atoms with Crippen molar-refractivity contribution in [1.82, 2.24) is 5.32 Å². The fraction of sp³-hybridized carbons (Fsp3) is 0.321. The van der Waals surface area contributed by atoms with Gasteiger partial charge in [0.25, 0.3) is 5.91 Å². The smallest absolute Gasteiger partial charge is 0.251 e. The summed E-state index contributed by atoms with van der Waals surface area (Å²) in [5.74, 6) is 10.9. The molecule has 4 N–H and O–H groups in total. The van der Waals surface area contributed by atoms with Gasteiger partial charge in [0.15, 0.2) is 5.78 Å². The number of rotatable bonds is 9. The number of carbonyl (C=O) groups is 3. The van der Waals surface area contributed by atoms with E-state index in [2.05, 4.69) is 34.3 Å². The summed E-state index contributed by atoms with van der Waals surface area (Å²) in [4.78, 5) is 35.9. The molecule has 2 aromatic rings. The maximum absolute atomic E-state index is 12.3. The number of ketones is 1. The second-order valence-corrected chi connectivity index (χ2v) is 8.50. The molecule has 3 rings (SSSR count). The number of carbonyl (C=O) groups excluding carboxylic acids is 3. The van der Waals surface area contributed by atoms with Crippen LogP contribution in [0.5, 0.6) is 0 Å². The molecule has 35 heavy (non-hydrogen) atoms. The molecule has 2 amide bonds. The predicted molar refractivity (Wildman–Crippen MR) is 132 cm³/mol. The first kappa shape index (κ1) is 25.7. The molecule has 0 aromatic heterocycles. The van der Waals surface area contributed by atoms with Crippen LogP contribution in [0.15, 0.2) is 48.5 Å². The van der Waals surface area contributed by atoms with E-state index in [1.54, 1.807) is 24.3 Å². The van der Waals surface area contributed by atoms with E-state index < -0.39 is 30.4 Å². The Morgan fingerprint density at radius 3 is 2.06 bits per heavy atom. The monoisotopic (exact) mass is 472 g/mol. The normalized spacial score (nSPS) is 13.8. The topological polar surface area (TPSA) is 116 Å². The average Bonchev–Trinajstić information content (AvgIpc) is 3.69. The van der Waals surface area contributed by atoms with Crippen molar-refractivity contribution >= 4 is 23.3 Å². The van der Waals surface area contributed by atoms with E-state index in [1.165, 1.54) is 19.8 Å². The number of aliphatic hydroxyl groups is 2. The first-order chi connectivity index (χ1) is 16.9. The maximum atomic E-state index is 12.3. The van der Waals surface area contributed by atoms with E-state index in [0.717, 1.165) is 23.6 Å². The zero-order chi connectivity index (χ0) is 25.2. The number of hydrogen-bond donors (Lipinski definition) is 4. The van der Waals surface area contributed by atoms with Crippen LogP contribution in [-0.4, -0.2) is 46.6 Å². The zero-order valence-corrected chi connectivity index (χ0v) is 19.5. The highest BCUT2D eigenvalue weighted by Crippen LogP contribution is 2.33.